The maximum absolute atomic E-state index is 5.92. The lowest BCUT2D eigenvalue weighted by Crippen LogP contribution is -1.98. The van der Waals surface area contributed by atoms with Crippen LogP contribution in [-0.2, 0) is 6.54 Å². The third kappa shape index (κ3) is 1.48. The molecule has 0 bridgehead atoms. The highest BCUT2D eigenvalue weighted by Crippen LogP contribution is 2.21. The standard InChI is InChI=1S/C9H9ClN4/c1-2-14-6-5-13-9(14)7-8(10)12-4-3-11-7/h3-6H,2H2,1H3. The van der Waals surface area contributed by atoms with Crippen molar-refractivity contribution >= 4 is 11.6 Å². The number of rotatable bonds is 2. The lowest BCUT2D eigenvalue weighted by Gasteiger charge is -2.03. The van der Waals surface area contributed by atoms with E-state index in [1.54, 1.807) is 18.6 Å². The summed E-state index contributed by atoms with van der Waals surface area (Å²) in [5.74, 6) is 0.755. The van der Waals surface area contributed by atoms with Gasteiger partial charge in [0.25, 0.3) is 0 Å². The van der Waals surface area contributed by atoms with Crippen LogP contribution in [0.2, 0.25) is 5.15 Å². The second-order valence-electron chi connectivity index (χ2n) is 2.73. The van der Waals surface area contributed by atoms with E-state index in [1.807, 2.05) is 17.7 Å². The van der Waals surface area contributed by atoms with Crippen molar-refractivity contribution in [2.45, 2.75) is 13.5 Å². The van der Waals surface area contributed by atoms with Gasteiger partial charge in [-0.3, -0.25) is 0 Å². The molecule has 0 radical (unpaired) electrons. The fourth-order valence-corrected chi connectivity index (χ4v) is 1.44. The van der Waals surface area contributed by atoms with Crippen molar-refractivity contribution in [2.75, 3.05) is 0 Å². The van der Waals surface area contributed by atoms with Gasteiger partial charge in [-0.05, 0) is 6.92 Å². The van der Waals surface area contributed by atoms with Gasteiger partial charge in [-0.15, -0.1) is 0 Å². The Balaban J connectivity index is 2.54. The number of imidazole rings is 1. The van der Waals surface area contributed by atoms with Gasteiger partial charge >= 0.3 is 0 Å². The predicted octanol–water partition coefficient (Wildman–Crippen LogP) is 2.01. The summed E-state index contributed by atoms with van der Waals surface area (Å²) in [6.45, 7) is 2.87. The van der Waals surface area contributed by atoms with Crippen LogP contribution in [0.3, 0.4) is 0 Å². The summed E-state index contributed by atoms with van der Waals surface area (Å²) in [6, 6.07) is 0. The Morgan fingerprint density at radius 3 is 2.71 bits per heavy atom. The molecular weight excluding hydrogens is 200 g/mol. The smallest absolute Gasteiger partial charge is 0.161 e. The molecule has 0 aromatic carbocycles. The second kappa shape index (κ2) is 3.75. The van der Waals surface area contributed by atoms with Crippen molar-refractivity contribution in [2.24, 2.45) is 0 Å². The van der Waals surface area contributed by atoms with Gasteiger partial charge in [0.1, 0.15) is 5.69 Å². The largest absolute Gasteiger partial charge is 0.330 e. The first-order valence-electron chi connectivity index (χ1n) is 4.31. The number of aryl methyl sites for hydroxylation is 1. The topological polar surface area (TPSA) is 43.6 Å². The van der Waals surface area contributed by atoms with Gasteiger partial charge in [0.05, 0.1) is 0 Å². The van der Waals surface area contributed by atoms with Crippen LogP contribution in [0.25, 0.3) is 11.5 Å². The molecule has 0 unspecified atom stereocenters. The minimum atomic E-state index is 0.383. The Labute approximate surface area is 86.6 Å². The average Bonchev–Trinajstić information content (AvgIpc) is 2.66. The molecule has 0 N–H and O–H groups in total. The Bertz CT molecular complexity index is 438. The highest BCUT2D eigenvalue weighted by Gasteiger charge is 2.10. The number of aromatic nitrogens is 4. The fourth-order valence-electron chi connectivity index (χ4n) is 1.25. The molecule has 0 saturated carbocycles. The molecule has 2 rings (SSSR count). The van der Waals surface area contributed by atoms with Gasteiger partial charge in [0, 0.05) is 31.3 Å². The molecule has 0 aliphatic carbocycles. The maximum Gasteiger partial charge on any atom is 0.161 e. The Morgan fingerprint density at radius 1 is 1.21 bits per heavy atom. The number of halogens is 1. The Hall–Kier alpha value is -1.42. The van der Waals surface area contributed by atoms with Crippen molar-refractivity contribution in [3.8, 4) is 11.5 Å². The van der Waals surface area contributed by atoms with Crippen LogP contribution in [0.1, 0.15) is 6.92 Å². The number of nitrogens with zero attached hydrogens (tertiary/aromatic N) is 4. The first-order valence-corrected chi connectivity index (χ1v) is 4.68. The molecule has 0 spiro atoms. The molecule has 14 heavy (non-hydrogen) atoms. The summed E-state index contributed by atoms with van der Waals surface area (Å²) in [4.78, 5) is 12.3. The van der Waals surface area contributed by atoms with E-state index in [4.69, 9.17) is 11.6 Å². The van der Waals surface area contributed by atoms with Gasteiger partial charge in [-0.2, -0.15) is 0 Å². The van der Waals surface area contributed by atoms with E-state index in [1.165, 1.54) is 0 Å². The van der Waals surface area contributed by atoms with Crippen LogP contribution in [0.4, 0.5) is 0 Å². The summed E-state index contributed by atoms with van der Waals surface area (Å²) in [7, 11) is 0. The molecule has 0 aliphatic heterocycles. The van der Waals surface area contributed by atoms with Gasteiger partial charge in [0.15, 0.2) is 11.0 Å². The number of hydrogen-bond donors (Lipinski definition) is 0. The lowest BCUT2D eigenvalue weighted by atomic mass is 10.4. The molecule has 0 atom stereocenters. The molecule has 2 aromatic rings. The highest BCUT2D eigenvalue weighted by molar-refractivity contribution is 6.31. The molecule has 2 aromatic heterocycles. The van der Waals surface area contributed by atoms with E-state index in [2.05, 4.69) is 15.0 Å². The highest BCUT2D eigenvalue weighted by atomic mass is 35.5. The van der Waals surface area contributed by atoms with E-state index < -0.39 is 0 Å². The van der Waals surface area contributed by atoms with E-state index in [0.29, 0.717) is 10.8 Å². The van der Waals surface area contributed by atoms with Crippen LogP contribution in [0.5, 0.6) is 0 Å². The minimum absolute atomic E-state index is 0.383. The average molecular weight is 209 g/mol. The summed E-state index contributed by atoms with van der Waals surface area (Å²) < 4.78 is 1.97. The fraction of sp³-hybridized carbons (Fsp3) is 0.222. The van der Waals surface area contributed by atoms with E-state index in [-0.39, 0.29) is 0 Å². The summed E-state index contributed by atoms with van der Waals surface area (Å²) in [5, 5.41) is 0.383. The zero-order valence-corrected chi connectivity index (χ0v) is 8.44. The molecule has 72 valence electrons. The zero-order chi connectivity index (χ0) is 9.97. The van der Waals surface area contributed by atoms with E-state index >= 15 is 0 Å². The molecule has 5 heteroatoms. The van der Waals surface area contributed by atoms with Gasteiger partial charge in [-0.25, -0.2) is 15.0 Å². The van der Waals surface area contributed by atoms with Crippen LogP contribution in [-0.4, -0.2) is 19.5 Å². The summed E-state index contributed by atoms with van der Waals surface area (Å²) in [6.07, 6.45) is 6.78. The number of hydrogen-bond acceptors (Lipinski definition) is 3. The zero-order valence-electron chi connectivity index (χ0n) is 7.68. The molecule has 0 fully saturated rings. The van der Waals surface area contributed by atoms with E-state index in [0.717, 1.165) is 12.4 Å². The van der Waals surface area contributed by atoms with E-state index in [9.17, 15) is 0 Å². The van der Waals surface area contributed by atoms with Gasteiger partial charge in [0.2, 0.25) is 0 Å². The summed E-state index contributed by atoms with van der Waals surface area (Å²) >= 11 is 5.92. The molecular formula is C9H9ClN4. The van der Waals surface area contributed by atoms with Crippen molar-refractivity contribution in [3.63, 3.8) is 0 Å². The predicted molar refractivity (Wildman–Crippen MR) is 53.9 cm³/mol. The summed E-state index contributed by atoms with van der Waals surface area (Å²) in [5.41, 5.74) is 0.626. The lowest BCUT2D eigenvalue weighted by molar-refractivity contribution is 0.767. The van der Waals surface area contributed by atoms with Crippen LogP contribution >= 0.6 is 11.6 Å². The van der Waals surface area contributed by atoms with Crippen LogP contribution < -0.4 is 0 Å². The molecule has 0 aliphatic rings. The maximum atomic E-state index is 5.92. The van der Waals surface area contributed by atoms with Gasteiger partial charge < -0.3 is 4.57 Å². The normalized spacial score (nSPS) is 10.4. The second-order valence-corrected chi connectivity index (χ2v) is 3.09. The Morgan fingerprint density at radius 2 is 2.00 bits per heavy atom. The van der Waals surface area contributed by atoms with Gasteiger partial charge in [-0.1, -0.05) is 11.6 Å². The molecule has 0 amide bonds. The third-order valence-corrected chi connectivity index (χ3v) is 2.20. The van der Waals surface area contributed by atoms with Crippen LogP contribution in [0.15, 0.2) is 24.8 Å². The molecule has 2 heterocycles. The van der Waals surface area contributed by atoms with Crippen molar-refractivity contribution in [3.05, 3.63) is 29.9 Å². The van der Waals surface area contributed by atoms with Crippen molar-refractivity contribution in [1.29, 1.82) is 0 Å². The first kappa shape index (κ1) is 9.15. The first-order chi connectivity index (χ1) is 6.83. The SMILES string of the molecule is CCn1ccnc1-c1nccnc1Cl. The van der Waals surface area contributed by atoms with Crippen molar-refractivity contribution in [1.82, 2.24) is 19.5 Å². The third-order valence-electron chi connectivity index (χ3n) is 1.92. The minimum Gasteiger partial charge on any atom is -0.330 e. The van der Waals surface area contributed by atoms with Crippen LogP contribution in [0, 0.1) is 0 Å². The van der Waals surface area contributed by atoms with Crippen molar-refractivity contribution < 1.29 is 0 Å². The molecule has 0 saturated heterocycles. The monoisotopic (exact) mass is 208 g/mol. The quantitative estimate of drug-likeness (QED) is 0.759. The molecule has 4 nitrogen and oxygen atoms in total. The Kier molecular flexibility index (Phi) is 2.45.